The largest absolute Gasteiger partial charge is 0.381 e. The molecule has 2 rings (SSSR count). The van der Waals surface area contributed by atoms with E-state index in [1.165, 1.54) is 25.7 Å². The molecule has 1 aliphatic carbocycles. The molecule has 2 aliphatic rings. The lowest BCUT2D eigenvalue weighted by molar-refractivity contribution is 0.188. The van der Waals surface area contributed by atoms with Crippen molar-refractivity contribution in [1.29, 1.82) is 0 Å². The van der Waals surface area contributed by atoms with Gasteiger partial charge in [-0.1, -0.05) is 33.1 Å². The van der Waals surface area contributed by atoms with Crippen molar-refractivity contribution in [3.8, 4) is 0 Å². The average molecular weight is 156 g/mol. The van der Waals surface area contributed by atoms with Gasteiger partial charge in [-0.3, -0.25) is 0 Å². The molecule has 0 N–H and O–H groups in total. The lowest BCUT2D eigenvalue weighted by Gasteiger charge is -2.18. The molecule has 2 fully saturated rings. The van der Waals surface area contributed by atoms with Gasteiger partial charge in [-0.05, 0) is 18.3 Å². The number of rotatable bonds is 0. The monoisotopic (exact) mass is 156 g/mol. The third kappa shape index (κ3) is 3.76. The third-order valence-electron chi connectivity index (χ3n) is 2.55. The van der Waals surface area contributed by atoms with Crippen LogP contribution in [0.2, 0.25) is 0 Å². The highest BCUT2D eigenvalue weighted by atomic mass is 16.5. The van der Waals surface area contributed by atoms with E-state index in [9.17, 15) is 0 Å². The highest BCUT2D eigenvalue weighted by Gasteiger charge is 2.09. The first-order chi connectivity index (χ1) is 5.29. The fourth-order valence-corrected chi connectivity index (χ4v) is 1.26. The molecule has 0 aromatic rings. The van der Waals surface area contributed by atoms with Gasteiger partial charge in [-0.2, -0.15) is 0 Å². The fourth-order valence-electron chi connectivity index (χ4n) is 1.26. The second-order valence-corrected chi connectivity index (χ2v) is 4.00. The van der Waals surface area contributed by atoms with Crippen LogP contribution in [0.5, 0.6) is 0 Å². The van der Waals surface area contributed by atoms with Gasteiger partial charge in [0.25, 0.3) is 0 Å². The van der Waals surface area contributed by atoms with Gasteiger partial charge < -0.3 is 4.74 Å². The van der Waals surface area contributed by atoms with E-state index < -0.39 is 0 Å². The molecular formula is C10H20O. The van der Waals surface area contributed by atoms with Crippen LogP contribution in [0.15, 0.2) is 0 Å². The van der Waals surface area contributed by atoms with Crippen LogP contribution < -0.4 is 0 Å². The minimum Gasteiger partial charge on any atom is -0.381 e. The van der Waals surface area contributed by atoms with Crippen molar-refractivity contribution >= 4 is 0 Å². The van der Waals surface area contributed by atoms with Crippen LogP contribution in [0.4, 0.5) is 0 Å². The van der Waals surface area contributed by atoms with Gasteiger partial charge in [-0.25, -0.2) is 0 Å². The zero-order valence-corrected chi connectivity index (χ0v) is 7.81. The van der Waals surface area contributed by atoms with Crippen molar-refractivity contribution < 1.29 is 4.74 Å². The van der Waals surface area contributed by atoms with Crippen LogP contribution in [0.25, 0.3) is 0 Å². The lowest BCUT2D eigenvalue weighted by Crippen LogP contribution is -2.04. The minimum atomic E-state index is 0.824. The Kier molecular flexibility index (Phi) is 3.92. The normalized spacial score (nSPS) is 30.5. The molecule has 1 heterocycles. The number of hydrogen-bond donors (Lipinski definition) is 0. The SMILES string of the molecule is CC1CCC1.CC1CCOC1. The van der Waals surface area contributed by atoms with Crippen LogP contribution in [-0.2, 0) is 4.74 Å². The van der Waals surface area contributed by atoms with E-state index in [2.05, 4.69) is 13.8 Å². The van der Waals surface area contributed by atoms with Gasteiger partial charge in [0, 0.05) is 13.2 Å². The summed E-state index contributed by atoms with van der Waals surface area (Å²) in [6.45, 7) is 6.50. The zero-order valence-electron chi connectivity index (χ0n) is 7.81. The molecule has 1 heteroatoms. The molecule has 66 valence electrons. The Hall–Kier alpha value is -0.0400. The van der Waals surface area contributed by atoms with Crippen molar-refractivity contribution in [2.24, 2.45) is 11.8 Å². The topological polar surface area (TPSA) is 9.23 Å². The maximum atomic E-state index is 5.06. The van der Waals surface area contributed by atoms with Gasteiger partial charge in [-0.15, -0.1) is 0 Å². The molecule has 0 aromatic heterocycles. The highest BCUT2D eigenvalue weighted by Crippen LogP contribution is 2.24. The summed E-state index contributed by atoms with van der Waals surface area (Å²) >= 11 is 0. The number of hydrogen-bond acceptors (Lipinski definition) is 1. The minimum absolute atomic E-state index is 0.824. The van der Waals surface area contributed by atoms with Crippen molar-refractivity contribution in [2.75, 3.05) is 13.2 Å². The van der Waals surface area contributed by atoms with Gasteiger partial charge in [0.1, 0.15) is 0 Å². The number of ether oxygens (including phenoxy) is 1. The molecule has 0 radical (unpaired) electrons. The molecule has 0 aromatic carbocycles. The summed E-state index contributed by atoms with van der Waals surface area (Å²) in [4.78, 5) is 0. The first-order valence-corrected chi connectivity index (χ1v) is 4.87. The van der Waals surface area contributed by atoms with E-state index in [0.717, 1.165) is 25.0 Å². The Morgan fingerprint density at radius 2 is 1.64 bits per heavy atom. The van der Waals surface area contributed by atoms with Gasteiger partial charge >= 0.3 is 0 Å². The predicted molar refractivity (Wildman–Crippen MR) is 47.6 cm³/mol. The second kappa shape index (κ2) is 4.76. The molecule has 1 saturated carbocycles. The Labute approximate surface area is 70.1 Å². The van der Waals surface area contributed by atoms with E-state index in [0.29, 0.717) is 0 Å². The summed E-state index contributed by atoms with van der Waals surface area (Å²) in [6.07, 6.45) is 5.72. The van der Waals surface area contributed by atoms with Crippen LogP contribution in [0.3, 0.4) is 0 Å². The maximum absolute atomic E-state index is 5.06. The molecule has 1 nitrogen and oxygen atoms in total. The van der Waals surface area contributed by atoms with Gasteiger partial charge in [0.15, 0.2) is 0 Å². The highest BCUT2D eigenvalue weighted by molar-refractivity contribution is 4.62. The molecule has 0 bridgehead atoms. The molecule has 1 saturated heterocycles. The molecule has 0 amide bonds. The van der Waals surface area contributed by atoms with E-state index in [1.807, 2.05) is 0 Å². The van der Waals surface area contributed by atoms with Gasteiger partial charge in [0.05, 0.1) is 0 Å². The molecule has 0 spiro atoms. The van der Waals surface area contributed by atoms with Crippen LogP contribution in [0, 0.1) is 11.8 Å². The molecular weight excluding hydrogens is 136 g/mol. The Morgan fingerprint density at radius 3 is 1.73 bits per heavy atom. The summed E-state index contributed by atoms with van der Waals surface area (Å²) in [7, 11) is 0. The van der Waals surface area contributed by atoms with Crippen LogP contribution in [-0.4, -0.2) is 13.2 Å². The van der Waals surface area contributed by atoms with Crippen molar-refractivity contribution in [1.82, 2.24) is 0 Å². The summed E-state index contributed by atoms with van der Waals surface area (Å²) < 4.78 is 5.06. The standard InChI is InChI=1S/C5H10O.C5H10/c1-5-2-3-6-4-5;1-5-3-2-4-5/h5H,2-4H2,1H3;5H,2-4H2,1H3. The second-order valence-electron chi connectivity index (χ2n) is 4.00. The molecule has 11 heavy (non-hydrogen) atoms. The van der Waals surface area contributed by atoms with Crippen molar-refractivity contribution in [3.05, 3.63) is 0 Å². The summed E-state index contributed by atoms with van der Waals surface area (Å²) in [5.41, 5.74) is 0. The summed E-state index contributed by atoms with van der Waals surface area (Å²) in [6, 6.07) is 0. The average Bonchev–Trinajstić information content (AvgIpc) is 2.36. The Bertz CT molecular complexity index is 91.0. The van der Waals surface area contributed by atoms with Crippen molar-refractivity contribution in [2.45, 2.75) is 39.5 Å². The Balaban J connectivity index is 0.000000112. The fraction of sp³-hybridized carbons (Fsp3) is 1.00. The summed E-state index contributed by atoms with van der Waals surface area (Å²) in [5.74, 6) is 1.89. The van der Waals surface area contributed by atoms with E-state index >= 15 is 0 Å². The smallest absolute Gasteiger partial charge is 0.0492 e. The summed E-state index contributed by atoms with van der Waals surface area (Å²) in [5, 5.41) is 0. The maximum Gasteiger partial charge on any atom is 0.0492 e. The Morgan fingerprint density at radius 1 is 1.00 bits per heavy atom. The third-order valence-corrected chi connectivity index (χ3v) is 2.55. The first-order valence-electron chi connectivity index (χ1n) is 4.87. The quantitative estimate of drug-likeness (QED) is 0.524. The van der Waals surface area contributed by atoms with E-state index in [4.69, 9.17) is 4.74 Å². The molecule has 1 atom stereocenters. The van der Waals surface area contributed by atoms with Crippen LogP contribution >= 0.6 is 0 Å². The van der Waals surface area contributed by atoms with E-state index in [1.54, 1.807) is 0 Å². The predicted octanol–water partition coefficient (Wildman–Crippen LogP) is 2.85. The van der Waals surface area contributed by atoms with Gasteiger partial charge in [0.2, 0.25) is 0 Å². The van der Waals surface area contributed by atoms with Crippen LogP contribution in [0.1, 0.15) is 39.5 Å². The first kappa shape index (κ1) is 9.05. The molecule has 1 aliphatic heterocycles. The molecule has 1 unspecified atom stereocenters. The van der Waals surface area contributed by atoms with Crippen molar-refractivity contribution in [3.63, 3.8) is 0 Å². The lowest BCUT2D eigenvalue weighted by atomic mass is 9.88. The zero-order chi connectivity index (χ0) is 8.10. The van der Waals surface area contributed by atoms with E-state index in [-0.39, 0.29) is 0 Å².